The lowest BCUT2D eigenvalue weighted by molar-refractivity contribution is -0.117. The molecule has 2 heterocycles. The molecule has 1 aliphatic rings. The molecule has 3 aromatic carbocycles. The fourth-order valence-electron chi connectivity index (χ4n) is 4.65. The summed E-state index contributed by atoms with van der Waals surface area (Å²) < 4.78 is 28.7. The Morgan fingerprint density at radius 1 is 1.07 bits per heavy atom. The third-order valence-corrected chi connectivity index (χ3v) is 6.60. The van der Waals surface area contributed by atoms with Crippen molar-refractivity contribution in [2.45, 2.75) is 12.8 Å². The Morgan fingerprint density at radius 2 is 1.88 bits per heavy atom. The molecule has 2 amide bonds. The lowest BCUT2D eigenvalue weighted by atomic mass is 10.0. The van der Waals surface area contributed by atoms with Gasteiger partial charge in [0.15, 0.2) is 0 Å². The molecule has 40 heavy (non-hydrogen) atoms. The van der Waals surface area contributed by atoms with Gasteiger partial charge in [0.25, 0.3) is 5.91 Å². The van der Waals surface area contributed by atoms with Crippen LogP contribution in [0, 0.1) is 23.0 Å². The van der Waals surface area contributed by atoms with Crippen LogP contribution >= 0.6 is 0 Å². The van der Waals surface area contributed by atoms with E-state index in [1.165, 1.54) is 34.2 Å². The average molecular weight is 539 g/mol. The van der Waals surface area contributed by atoms with Crippen molar-refractivity contribution < 1.29 is 18.4 Å². The van der Waals surface area contributed by atoms with Crippen molar-refractivity contribution in [3.63, 3.8) is 0 Å². The van der Waals surface area contributed by atoms with Gasteiger partial charge >= 0.3 is 0 Å². The van der Waals surface area contributed by atoms with Crippen molar-refractivity contribution in [2.24, 2.45) is 0 Å². The van der Waals surface area contributed by atoms with E-state index in [0.717, 1.165) is 5.56 Å². The van der Waals surface area contributed by atoms with E-state index in [2.05, 4.69) is 21.4 Å². The first kappa shape index (κ1) is 26.4. The van der Waals surface area contributed by atoms with Crippen LogP contribution in [0.25, 0.3) is 11.3 Å². The maximum Gasteiger partial charge on any atom is 0.256 e. The number of halogens is 2. The predicted octanol–water partition coefficient (Wildman–Crippen LogP) is 4.87. The van der Waals surface area contributed by atoms with Gasteiger partial charge in [0.1, 0.15) is 17.7 Å². The zero-order chi connectivity index (χ0) is 28.4. The Kier molecular flexibility index (Phi) is 7.21. The highest BCUT2D eigenvalue weighted by Crippen LogP contribution is 2.36. The third kappa shape index (κ3) is 5.22. The molecule has 10 heteroatoms. The summed E-state index contributed by atoms with van der Waals surface area (Å²) in [4.78, 5) is 36.7. The molecule has 0 fully saturated rings. The maximum absolute atomic E-state index is 14.5. The van der Waals surface area contributed by atoms with E-state index < -0.39 is 17.5 Å². The van der Waals surface area contributed by atoms with Gasteiger partial charge in [-0.3, -0.25) is 9.59 Å². The fraction of sp³-hybridized carbons (Fsp3) is 0.167. The van der Waals surface area contributed by atoms with Gasteiger partial charge in [0.2, 0.25) is 11.9 Å². The molecule has 0 atom stereocenters. The second-order valence-corrected chi connectivity index (χ2v) is 9.49. The number of hydrogen-bond acceptors (Lipinski definition) is 6. The van der Waals surface area contributed by atoms with Crippen molar-refractivity contribution in [1.29, 1.82) is 5.26 Å². The second-order valence-electron chi connectivity index (χ2n) is 9.49. The number of rotatable bonds is 6. The number of aromatic nitrogens is 2. The van der Waals surface area contributed by atoms with Gasteiger partial charge in [-0.15, -0.1) is 0 Å². The predicted molar refractivity (Wildman–Crippen MR) is 146 cm³/mol. The highest BCUT2D eigenvalue weighted by atomic mass is 19.1. The number of carbonyl (C=O) groups excluding carboxylic acids is 2. The van der Waals surface area contributed by atoms with E-state index >= 15 is 0 Å². The number of nitrogens with zero attached hydrogens (tertiary/aromatic N) is 5. The van der Waals surface area contributed by atoms with Crippen molar-refractivity contribution in [3.8, 4) is 17.3 Å². The molecule has 1 aromatic heterocycles. The number of benzene rings is 3. The molecule has 200 valence electrons. The first-order valence-corrected chi connectivity index (χ1v) is 12.5. The quantitative estimate of drug-likeness (QED) is 0.376. The molecule has 0 spiro atoms. The third-order valence-electron chi connectivity index (χ3n) is 6.60. The van der Waals surface area contributed by atoms with Crippen LogP contribution in [-0.4, -0.2) is 47.3 Å². The molecule has 4 aromatic rings. The molecule has 8 nitrogen and oxygen atoms in total. The van der Waals surface area contributed by atoms with Gasteiger partial charge in [-0.05, 0) is 60.0 Å². The normalized spacial score (nSPS) is 12.0. The zero-order valence-electron chi connectivity index (χ0n) is 21.8. The van der Waals surface area contributed by atoms with Crippen molar-refractivity contribution in [3.05, 3.63) is 101 Å². The molecular weight excluding hydrogens is 514 g/mol. The monoisotopic (exact) mass is 538 g/mol. The number of carbonyl (C=O) groups is 2. The molecular formula is C30H24F2N6O2. The SMILES string of the molecule is CN(C)C(=O)c1ccc(Nc2nccc(-c3cc(C#N)c4c(c3)CCN4C(=O)Cc3ccccc3F)n2)cc1F. The van der Waals surface area contributed by atoms with Gasteiger partial charge in [0.05, 0.1) is 28.9 Å². The number of hydrogen-bond donors (Lipinski definition) is 1. The summed E-state index contributed by atoms with van der Waals surface area (Å²) in [6.45, 7) is 0.384. The van der Waals surface area contributed by atoms with E-state index in [-0.39, 0.29) is 23.8 Å². The number of amides is 2. The summed E-state index contributed by atoms with van der Waals surface area (Å²) in [7, 11) is 3.09. The largest absolute Gasteiger partial charge is 0.345 e. The van der Waals surface area contributed by atoms with Gasteiger partial charge in [-0.2, -0.15) is 5.26 Å². The maximum atomic E-state index is 14.5. The van der Waals surface area contributed by atoms with Crippen LogP contribution in [0.15, 0.2) is 66.9 Å². The summed E-state index contributed by atoms with van der Waals surface area (Å²) in [5.41, 5.74) is 3.44. The van der Waals surface area contributed by atoms with E-state index in [4.69, 9.17) is 0 Å². The van der Waals surface area contributed by atoms with Crippen LogP contribution in [0.3, 0.4) is 0 Å². The van der Waals surface area contributed by atoms with Gasteiger partial charge in [0, 0.05) is 38.1 Å². The molecule has 0 radical (unpaired) electrons. The van der Waals surface area contributed by atoms with Crippen LogP contribution in [-0.2, 0) is 17.6 Å². The summed E-state index contributed by atoms with van der Waals surface area (Å²) in [5.74, 6) is -1.65. The summed E-state index contributed by atoms with van der Waals surface area (Å²) in [6.07, 6.45) is 1.97. The topological polar surface area (TPSA) is 102 Å². The molecule has 0 aliphatic carbocycles. The van der Waals surface area contributed by atoms with E-state index in [9.17, 15) is 23.6 Å². The number of nitriles is 1. The van der Waals surface area contributed by atoms with Crippen LogP contribution in [0.2, 0.25) is 0 Å². The van der Waals surface area contributed by atoms with Crippen molar-refractivity contribution in [2.75, 3.05) is 30.9 Å². The Hall–Kier alpha value is -5.17. The van der Waals surface area contributed by atoms with Crippen LogP contribution in [0.5, 0.6) is 0 Å². The summed E-state index contributed by atoms with van der Waals surface area (Å²) >= 11 is 0. The van der Waals surface area contributed by atoms with Crippen LogP contribution in [0.1, 0.15) is 27.0 Å². The highest BCUT2D eigenvalue weighted by Gasteiger charge is 2.29. The first-order valence-electron chi connectivity index (χ1n) is 12.5. The smallest absolute Gasteiger partial charge is 0.256 e. The Labute approximate surface area is 229 Å². The lowest BCUT2D eigenvalue weighted by Crippen LogP contribution is -2.31. The van der Waals surface area contributed by atoms with Gasteiger partial charge < -0.3 is 15.1 Å². The van der Waals surface area contributed by atoms with E-state index in [1.807, 2.05) is 6.07 Å². The Bertz CT molecular complexity index is 1680. The van der Waals surface area contributed by atoms with Crippen LogP contribution in [0.4, 0.5) is 26.1 Å². The van der Waals surface area contributed by atoms with Gasteiger partial charge in [-0.25, -0.2) is 18.7 Å². The van der Waals surface area contributed by atoms with Crippen molar-refractivity contribution in [1.82, 2.24) is 14.9 Å². The van der Waals surface area contributed by atoms with Gasteiger partial charge in [-0.1, -0.05) is 18.2 Å². The minimum absolute atomic E-state index is 0.0474. The average Bonchev–Trinajstić information content (AvgIpc) is 3.38. The molecule has 0 saturated heterocycles. The number of fused-ring (bicyclic) bond motifs is 1. The molecule has 0 saturated carbocycles. The standard InChI is InChI=1S/C30H24F2N6O2/c1-37(2)29(40)23-8-7-22(16-25(23)32)35-30-34-11-9-26(36-30)20-13-19-10-12-38(28(19)21(14-20)17-33)27(39)15-18-5-3-4-6-24(18)31/h3-9,11,13-14,16H,10,12,15H2,1-2H3,(H,34,35,36). The lowest BCUT2D eigenvalue weighted by Gasteiger charge is -2.19. The number of nitrogens with one attached hydrogen (secondary N) is 1. The molecule has 5 rings (SSSR count). The minimum Gasteiger partial charge on any atom is -0.345 e. The first-order chi connectivity index (χ1) is 19.2. The molecule has 1 N–H and O–H groups in total. The number of anilines is 3. The highest BCUT2D eigenvalue weighted by molar-refractivity contribution is 5.99. The zero-order valence-corrected chi connectivity index (χ0v) is 21.8. The Morgan fingerprint density at radius 3 is 2.60 bits per heavy atom. The van der Waals surface area contributed by atoms with E-state index in [1.54, 1.807) is 50.5 Å². The summed E-state index contributed by atoms with van der Waals surface area (Å²) in [5, 5.41) is 12.9. The summed E-state index contributed by atoms with van der Waals surface area (Å²) in [6, 6.07) is 17.7. The molecule has 1 aliphatic heterocycles. The van der Waals surface area contributed by atoms with Crippen LogP contribution < -0.4 is 10.2 Å². The van der Waals surface area contributed by atoms with E-state index in [0.29, 0.717) is 46.7 Å². The minimum atomic E-state index is -0.675. The Balaban J connectivity index is 1.39. The molecule has 0 bridgehead atoms. The second kappa shape index (κ2) is 10.9. The molecule has 0 unspecified atom stereocenters. The fourth-order valence-corrected chi connectivity index (χ4v) is 4.65. The van der Waals surface area contributed by atoms with Crippen molar-refractivity contribution >= 4 is 29.1 Å².